The van der Waals surface area contributed by atoms with Gasteiger partial charge in [0.25, 0.3) is 0 Å². The van der Waals surface area contributed by atoms with Crippen molar-refractivity contribution in [3.8, 4) is 12.3 Å². The van der Waals surface area contributed by atoms with Crippen LogP contribution >= 0.6 is 0 Å². The first-order valence-corrected chi connectivity index (χ1v) is 12.3. The Balaban J connectivity index is 1.65. The third-order valence-electron chi connectivity index (χ3n) is 6.51. The van der Waals surface area contributed by atoms with Crippen molar-refractivity contribution in [3.63, 3.8) is 0 Å². The maximum absolute atomic E-state index is 13.6. The minimum atomic E-state index is -0.652. The first kappa shape index (κ1) is 25.3. The van der Waals surface area contributed by atoms with Gasteiger partial charge in [-0.05, 0) is 23.5 Å². The Morgan fingerprint density at radius 1 is 1.06 bits per heavy atom. The molecular formula is C28H33N5O3. The van der Waals surface area contributed by atoms with E-state index in [0.717, 1.165) is 11.1 Å². The molecule has 36 heavy (non-hydrogen) atoms. The van der Waals surface area contributed by atoms with Gasteiger partial charge in [0.2, 0.25) is 11.8 Å². The summed E-state index contributed by atoms with van der Waals surface area (Å²) >= 11 is 0. The summed E-state index contributed by atoms with van der Waals surface area (Å²) in [5.41, 5.74) is 1.95. The van der Waals surface area contributed by atoms with E-state index in [0.29, 0.717) is 19.5 Å². The molecule has 8 heteroatoms. The Morgan fingerprint density at radius 2 is 1.69 bits per heavy atom. The molecule has 4 amide bonds. The molecule has 2 atom stereocenters. The van der Waals surface area contributed by atoms with Crippen molar-refractivity contribution in [2.45, 2.75) is 45.6 Å². The Bertz CT molecular complexity index is 1120. The zero-order valence-electron chi connectivity index (χ0n) is 20.8. The van der Waals surface area contributed by atoms with Crippen LogP contribution in [0.4, 0.5) is 4.79 Å². The molecule has 0 radical (unpaired) electrons. The van der Waals surface area contributed by atoms with Crippen LogP contribution in [0.5, 0.6) is 0 Å². The van der Waals surface area contributed by atoms with Crippen molar-refractivity contribution in [2.24, 2.45) is 5.92 Å². The van der Waals surface area contributed by atoms with Crippen LogP contribution in [-0.4, -0.2) is 69.5 Å². The van der Waals surface area contributed by atoms with Gasteiger partial charge in [0, 0.05) is 13.1 Å². The number of carbonyl (C=O) groups is 3. The van der Waals surface area contributed by atoms with Crippen LogP contribution in [0, 0.1) is 18.3 Å². The molecule has 8 nitrogen and oxygen atoms in total. The van der Waals surface area contributed by atoms with Crippen LogP contribution in [0.2, 0.25) is 0 Å². The Hall–Kier alpha value is -3.83. The molecule has 2 aromatic carbocycles. The van der Waals surface area contributed by atoms with E-state index >= 15 is 0 Å². The Labute approximate surface area is 212 Å². The molecule has 0 bridgehead atoms. The Morgan fingerprint density at radius 3 is 2.31 bits per heavy atom. The van der Waals surface area contributed by atoms with Gasteiger partial charge < -0.3 is 15.1 Å². The zero-order valence-corrected chi connectivity index (χ0v) is 20.8. The van der Waals surface area contributed by atoms with E-state index in [9.17, 15) is 14.4 Å². The number of hydrogen-bond donors (Lipinski definition) is 1. The highest BCUT2D eigenvalue weighted by atomic mass is 16.2. The normalized spacial score (nSPS) is 20.3. The summed E-state index contributed by atoms with van der Waals surface area (Å²) in [7, 11) is 0. The van der Waals surface area contributed by atoms with Gasteiger partial charge in [-0.1, -0.05) is 80.4 Å². The van der Waals surface area contributed by atoms with Crippen LogP contribution in [0.1, 0.15) is 31.4 Å². The second kappa shape index (κ2) is 11.3. The van der Waals surface area contributed by atoms with Crippen molar-refractivity contribution in [2.75, 3.05) is 19.6 Å². The summed E-state index contributed by atoms with van der Waals surface area (Å²) in [4.78, 5) is 43.9. The summed E-state index contributed by atoms with van der Waals surface area (Å²) < 4.78 is 0. The predicted molar refractivity (Wildman–Crippen MR) is 137 cm³/mol. The molecule has 2 heterocycles. The largest absolute Gasteiger partial charge is 0.334 e. The highest BCUT2D eigenvalue weighted by Gasteiger charge is 2.51. The van der Waals surface area contributed by atoms with Crippen LogP contribution in [-0.2, 0) is 22.7 Å². The van der Waals surface area contributed by atoms with Crippen molar-refractivity contribution in [1.29, 1.82) is 0 Å². The summed E-state index contributed by atoms with van der Waals surface area (Å²) in [6.07, 6.45) is 5.47. The zero-order chi connectivity index (χ0) is 25.7. The molecule has 0 spiro atoms. The lowest BCUT2D eigenvalue weighted by molar-refractivity contribution is -0.190. The fourth-order valence-corrected chi connectivity index (χ4v) is 4.91. The van der Waals surface area contributed by atoms with Gasteiger partial charge in [0.15, 0.2) is 0 Å². The molecule has 2 aliphatic heterocycles. The number of nitrogens with zero attached hydrogens (tertiary/aromatic N) is 4. The fraction of sp³-hybridized carbons (Fsp3) is 0.393. The molecule has 0 unspecified atom stereocenters. The molecule has 0 saturated carbocycles. The van der Waals surface area contributed by atoms with Crippen LogP contribution in [0.15, 0.2) is 60.7 Å². The third kappa shape index (κ3) is 5.52. The van der Waals surface area contributed by atoms with E-state index in [4.69, 9.17) is 6.42 Å². The standard InChI is InChI=1S/C28H33N5O3/c1-4-15-31-20-26(34)32-24(16-21(2)3)27(35)30(18-23-13-9-6-10-14-23)19-25(32)33(31)28(36)29-17-22-11-7-5-8-12-22/h1,5-14,21,24-25H,15-20H2,2-3H3,(H,29,36)/t24-,25-/m0/s1. The number of hydrogen-bond acceptors (Lipinski definition) is 4. The summed E-state index contributed by atoms with van der Waals surface area (Å²) in [6.45, 7) is 5.05. The number of piperazine rings is 1. The molecule has 0 aliphatic carbocycles. The van der Waals surface area contributed by atoms with E-state index in [-0.39, 0.29) is 43.4 Å². The summed E-state index contributed by atoms with van der Waals surface area (Å²) in [6, 6.07) is 18.4. The monoisotopic (exact) mass is 487 g/mol. The number of rotatable bonds is 7. The lowest BCUT2D eigenvalue weighted by atomic mass is 9.96. The number of urea groups is 1. The van der Waals surface area contributed by atoms with Gasteiger partial charge in [0.1, 0.15) is 12.2 Å². The van der Waals surface area contributed by atoms with E-state index in [2.05, 4.69) is 11.2 Å². The molecular weight excluding hydrogens is 454 g/mol. The number of amides is 4. The molecule has 2 fully saturated rings. The number of terminal acetylenes is 1. The van der Waals surface area contributed by atoms with Gasteiger partial charge in [-0.3, -0.25) is 9.59 Å². The van der Waals surface area contributed by atoms with E-state index in [1.807, 2.05) is 74.5 Å². The average Bonchev–Trinajstić information content (AvgIpc) is 2.86. The number of benzene rings is 2. The lowest BCUT2D eigenvalue weighted by Gasteiger charge is -2.55. The molecule has 0 aromatic heterocycles. The van der Waals surface area contributed by atoms with Gasteiger partial charge in [-0.15, -0.1) is 6.42 Å². The summed E-state index contributed by atoms with van der Waals surface area (Å²) in [5, 5.41) is 6.12. The highest BCUT2D eigenvalue weighted by Crippen LogP contribution is 2.30. The van der Waals surface area contributed by atoms with Crippen molar-refractivity contribution >= 4 is 17.8 Å². The van der Waals surface area contributed by atoms with Gasteiger partial charge in [0.05, 0.1) is 19.6 Å². The minimum absolute atomic E-state index is 0.0555. The lowest BCUT2D eigenvalue weighted by Crippen LogP contribution is -2.76. The number of fused-ring (bicyclic) bond motifs is 1. The highest BCUT2D eigenvalue weighted by molar-refractivity contribution is 5.91. The van der Waals surface area contributed by atoms with Crippen LogP contribution in [0.3, 0.4) is 0 Å². The number of hydrazine groups is 1. The van der Waals surface area contributed by atoms with Crippen molar-refractivity contribution < 1.29 is 14.4 Å². The SMILES string of the molecule is C#CCN1CC(=O)N2[C@@H](CC(C)C)C(=O)N(Cc3ccccc3)C[C@@H]2N1C(=O)NCc1ccccc1. The van der Waals surface area contributed by atoms with Crippen LogP contribution in [0.25, 0.3) is 0 Å². The summed E-state index contributed by atoms with van der Waals surface area (Å²) in [5.74, 6) is 2.47. The average molecular weight is 488 g/mol. The van der Waals surface area contributed by atoms with Crippen molar-refractivity contribution in [1.82, 2.24) is 25.1 Å². The fourth-order valence-electron chi connectivity index (χ4n) is 4.91. The van der Waals surface area contributed by atoms with Gasteiger partial charge in [-0.2, -0.15) is 5.01 Å². The molecule has 188 valence electrons. The van der Waals surface area contributed by atoms with E-state index in [1.54, 1.807) is 19.8 Å². The van der Waals surface area contributed by atoms with Crippen molar-refractivity contribution in [3.05, 3.63) is 71.8 Å². The molecule has 2 saturated heterocycles. The molecule has 2 aliphatic rings. The molecule has 2 aromatic rings. The number of nitrogens with one attached hydrogen (secondary N) is 1. The first-order valence-electron chi connectivity index (χ1n) is 12.3. The maximum Gasteiger partial charge on any atom is 0.334 e. The first-order chi connectivity index (χ1) is 17.4. The van der Waals surface area contributed by atoms with E-state index in [1.165, 1.54) is 0 Å². The maximum atomic E-state index is 13.6. The predicted octanol–water partition coefficient (Wildman–Crippen LogP) is 2.67. The smallest absolute Gasteiger partial charge is 0.333 e. The van der Waals surface area contributed by atoms with E-state index < -0.39 is 12.2 Å². The molecule has 1 N–H and O–H groups in total. The quantitative estimate of drug-likeness (QED) is 0.610. The number of carbonyl (C=O) groups excluding carboxylic acids is 3. The van der Waals surface area contributed by atoms with Crippen LogP contribution < -0.4 is 5.32 Å². The minimum Gasteiger partial charge on any atom is -0.333 e. The second-order valence-corrected chi connectivity index (χ2v) is 9.65. The van der Waals surface area contributed by atoms with Gasteiger partial charge in [-0.25, -0.2) is 9.80 Å². The topological polar surface area (TPSA) is 76.2 Å². The third-order valence-corrected chi connectivity index (χ3v) is 6.51. The second-order valence-electron chi connectivity index (χ2n) is 9.65. The Kier molecular flexibility index (Phi) is 7.91. The molecule has 4 rings (SSSR count). The van der Waals surface area contributed by atoms with Gasteiger partial charge >= 0.3 is 6.03 Å².